The van der Waals surface area contributed by atoms with E-state index in [9.17, 15) is 0 Å². The lowest BCUT2D eigenvalue weighted by molar-refractivity contribution is 0.309. The fourth-order valence-electron chi connectivity index (χ4n) is 2.26. The Bertz CT molecular complexity index is 619. The van der Waals surface area contributed by atoms with Gasteiger partial charge in [-0.3, -0.25) is 4.99 Å². The van der Waals surface area contributed by atoms with Crippen molar-refractivity contribution in [1.82, 2.24) is 0 Å². The van der Waals surface area contributed by atoms with E-state index in [1.807, 2.05) is 30.3 Å². The molecule has 17 heavy (non-hydrogen) atoms. The standard InChI is InChI=1S/C14H10BrNO/c15-9-5-6-11-10-3-1-2-4-12(10)14(16-8-17)13(11)7-9/h1-7,17H,8H2. The predicted octanol–water partition coefficient (Wildman–Crippen LogP) is 3.22. The minimum absolute atomic E-state index is 0.185. The minimum Gasteiger partial charge on any atom is -0.375 e. The van der Waals surface area contributed by atoms with Crippen molar-refractivity contribution in [2.24, 2.45) is 4.99 Å². The Morgan fingerprint density at radius 1 is 0.941 bits per heavy atom. The number of rotatable bonds is 1. The number of nitrogens with zero attached hydrogens (tertiary/aromatic N) is 1. The Balaban J connectivity index is 2.34. The van der Waals surface area contributed by atoms with E-state index in [1.54, 1.807) is 0 Å². The third-order valence-corrected chi connectivity index (χ3v) is 3.43. The Hall–Kier alpha value is -1.45. The smallest absolute Gasteiger partial charge is 0.135 e. The second kappa shape index (κ2) is 4.09. The molecule has 1 aliphatic carbocycles. The molecular formula is C14H10BrNO. The van der Waals surface area contributed by atoms with Crippen LogP contribution in [0.4, 0.5) is 0 Å². The molecule has 2 nitrogen and oxygen atoms in total. The molecule has 3 rings (SSSR count). The highest BCUT2D eigenvalue weighted by molar-refractivity contribution is 9.10. The molecule has 0 aromatic heterocycles. The van der Waals surface area contributed by atoms with E-state index in [1.165, 1.54) is 11.1 Å². The summed E-state index contributed by atoms with van der Waals surface area (Å²) in [7, 11) is 0. The maximum Gasteiger partial charge on any atom is 0.135 e. The average molecular weight is 288 g/mol. The van der Waals surface area contributed by atoms with Gasteiger partial charge in [-0.05, 0) is 23.3 Å². The Morgan fingerprint density at radius 2 is 1.65 bits per heavy atom. The van der Waals surface area contributed by atoms with Gasteiger partial charge in [-0.15, -0.1) is 0 Å². The van der Waals surface area contributed by atoms with Gasteiger partial charge in [-0.1, -0.05) is 46.3 Å². The summed E-state index contributed by atoms with van der Waals surface area (Å²) in [6, 6.07) is 14.3. The third kappa shape index (κ3) is 1.63. The number of hydrogen-bond acceptors (Lipinski definition) is 2. The van der Waals surface area contributed by atoms with Gasteiger partial charge in [0.2, 0.25) is 0 Å². The molecule has 0 fully saturated rings. The van der Waals surface area contributed by atoms with Gasteiger partial charge in [0.05, 0.1) is 5.71 Å². The van der Waals surface area contributed by atoms with Crippen LogP contribution in [-0.4, -0.2) is 17.5 Å². The summed E-state index contributed by atoms with van der Waals surface area (Å²) in [6.07, 6.45) is 0. The normalized spacial score (nSPS) is 14.8. The van der Waals surface area contributed by atoms with Gasteiger partial charge in [0.15, 0.2) is 0 Å². The van der Waals surface area contributed by atoms with E-state index in [0.717, 1.165) is 21.3 Å². The summed E-state index contributed by atoms with van der Waals surface area (Å²) in [5.41, 5.74) is 5.40. The number of halogens is 1. The second-order valence-corrected chi connectivity index (χ2v) is 4.80. The number of fused-ring (bicyclic) bond motifs is 3. The second-order valence-electron chi connectivity index (χ2n) is 3.88. The van der Waals surface area contributed by atoms with E-state index in [-0.39, 0.29) is 6.73 Å². The van der Waals surface area contributed by atoms with Crippen LogP contribution in [0.5, 0.6) is 0 Å². The first-order valence-electron chi connectivity index (χ1n) is 5.36. The van der Waals surface area contributed by atoms with Crippen molar-refractivity contribution in [3.63, 3.8) is 0 Å². The molecule has 1 N–H and O–H groups in total. The zero-order valence-corrected chi connectivity index (χ0v) is 10.6. The van der Waals surface area contributed by atoms with Gasteiger partial charge in [-0.2, -0.15) is 0 Å². The molecule has 0 spiro atoms. The van der Waals surface area contributed by atoms with E-state index >= 15 is 0 Å². The molecule has 84 valence electrons. The lowest BCUT2D eigenvalue weighted by Gasteiger charge is -2.01. The molecule has 0 saturated carbocycles. The molecule has 0 heterocycles. The van der Waals surface area contributed by atoms with Crippen LogP contribution in [0.25, 0.3) is 11.1 Å². The summed E-state index contributed by atoms with van der Waals surface area (Å²) < 4.78 is 1.02. The van der Waals surface area contributed by atoms with Gasteiger partial charge in [-0.25, -0.2) is 0 Å². The van der Waals surface area contributed by atoms with E-state index in [2.05, 4.69) is 33.1 Å². The molecule has 0 saturated heterocycles. The summed E-state index contributed by atoms with van der Waals surface area (Å²) >= 11 is 3.47. The summed E-state index contributed by atoms with van der Waals surface area (Å²) in [5, 5.41) is 9.05. The van der Waals surface area contributed by atoms with Gasteiger partial charge in [0, 0.05) is 15.6 Å². The highest BCUT2D eigenvalue weighted by Gasteiger charge is 2.23. The summed E-state index contributed by atoms with van der Waals surface area (Å²) in [5.74, 6) is 0. The molecule has 0 bridgehead atoms. The maximum absolute atomic E-state index is 9.05. The van der Waals surface area contributed by atoms with Crippen molar-refractivity contribution in [2.45, 2.75) is 0 Å². The SMILES string of the molecule is OCN=C1c2ccccc2-c2ccc(Br)cc21. The Morgan fingerprint density at radius 3 is 2.41 bits per heavy atom. The zero-order valence-electron chi connectivity index (χ0n) is 9.02. The average Bonchev–Trinajstić information content (AvgIpc) is 2.65. The minimum atomic E-state index is -0.185. The topological polar surface area (TPSA) is 32.6 Å². The largest absolute Gasteiger partial charge is 0.375 e. The van der Waals surface area contributed by atoms with Crippen molar-refractivity contribution >= 4 is 21.6 Å². The van der Waals surface area contributed by atoms with Crippen LogP contribution < -0.4 is 0 Å². The monoisotopic (exact) mass is 287 g/mol. The Labute approximate surface area is 108 Å². The van der Waals surface area contributed by atoms with Crippen LogP contribution >= 0.6 is 15.9 Å². The van der Waals surface area contributed by atoms with E-state index < -0.39 is 0 Å². The number of aliphatic imine (C=N–C) groups is 1. The number of benzene rings is 2. The quantitative estimate of drug-likeness (QED) is 0.732. The molecule has 0 amide bonds. The van der Waals surface area contributed by atoms with Crippen molar-refractivity contribution in [3.8, 4) is 11.1 Å². The molecule has 3 heteroatoms. The molecule has 0 unspecified atom stereocenters. The number of hydrogen-bond donors (Lipinski definition) is 1. The number of aliphatic hydroxyl groups is 1. The first kappa shape index (κ1) is 10.7. The lowest BCUT2D eigenvalue weighted by Crippen LogP contribution is -1.99. The zero-order chi connectivity index (χ0) is 11.8. The molecule has 1 aliphatic rings. The van der Waals surface area contributed by atoms with Crippen LogP contribution in [0.1, 0.15) is 11.1 Å². The highest BCUT2D eigenvalue weighted by Crippen LogP contribution is 2.38. The molecule has 2 aromatic rings. The van der Waals surface area contributed by atoms with Crippen molar-refractivity contribution in [1.29, 1.82) is 0 Å². The van der Waals surface area contributed by atoms with Gasteiger partial charge in [0.1, 0.15) is 6.73 Å². The third-order valence-electron chi connectivity index (χ3n) is 2.94. The van der Waals surface area contributed by atoms with Crippen LogP contribution in [0, 0.1) is 0 Å². The summed E-state index contributed by atoms with van der Waals surface area (Å²) in [4.78, 5) is 4.20. The van der Waals surface area contributed by atoms with Crippen molar-refractivity contribution in [2.75, 3.05) is 6.73 Å². The maximum atomic E-state index is 9.05. The van der Waals surface area contributed by atoms with Crippen LogP contribution in [-0.2, 0) is 0 Å². The predicted molar refractivity (Wildman–Crippen MR) is 72.3 cm³/mol. The molecule has 0 radical (unpaired) electrons. The van der Waals surface area contributed by atoms with Gasteiger partial charge >= 0.3 is 0 Å². The number of aliphatic hydroxyl groups excluding tert-OH is 1. The van der Waals surface area contributed by atoms with Crippen LogP contribution in [0.3, 0.4) is 0 Å². The Kier molecular flexibility index (Phi) is 2.57. The van der Waals surface area contributed by atoms with E-state index in [4.69, 9.17) is 5.11 Å². The van der Waals surface area contributed by atoms with Gasteiger partial charge < -0.3 is 5.11 Å². The molecule has 2 aromatic carbocycles. The van der Waals surface area contributed by atoms with Crippen molar-refractivity contribution in [3.05, 3.63) is 58.1 Å². The van der Waals surface area contributed by atoms with Crippen LogP contribution in [0.2, 0.25) is 0 Å². The summed E-state index contributed by atoms with van der Waals surface area (Å²) in [6.45, 7) is -0.185. The first-order chi connectivity index (χ1) is 8.31. The fraction of sp³-hybridized carbons (Fsp3) is 0.0714. The van der Waals surface area contributed by atoms with Gasteiger partial charge in [0.25, 0.3) is 0 Å². The van der Waals surface area contributed by atoms with E-state index in [0.29, 0.717) is 0 Å². The fourth-order valence-corrected chi connectivity index (χ4v) is 2.62. The lowest BCUT2D eigenvalue weighted by atomic mass is 10.1. The van der Waals surface area contributed by atoms with Crippen molar-refractivity contribution < 1.29 is 5.11 Å². The highest BCUT2D eigenvalue weighted by atomic mass is 79.9. The van der Waals surface area contributed by atoms with Crippen LogP contribution in [0.15, 0.2) is 51.9 Å². The first-order valence-corrected chi connectivity index (χ1v) is 6.15. The molecule has 0 aliphatic heterocycles. The molecular weight excluding hydrogens is 278 g/mol. The molecule has 0 atom stereocenters.